The number of fused-ring (bicyclic) bond motifs is 1. The molecule has 0 radical (unpaired) electrons. The predicted octanol–water partition coefficient (Wildman–Crippen LogP) is 5.01. The zero-order valence-corrected chi connectivity index (χ0v) is 19.7. The molecule has 1 aliphatic heterocycles. The molecule has 4 aromatic rings. The molecule has 7 nitrogen and oxygen atoms in total. The highest BCUT2D eigenvalue weighted by atomic mass is 16.5. The molecule has 0 unspecified atom stereocenters. The third-order valence-electron chi connectivity index (χ3n) is 6.52. The van der Waals surface area contributed by atoms with Gasteiger partial charge >= 0.3 is 0 Å². The van der Waals surface area contributed by atoms with Gasteiger partial charge in [0.2, 0.25) is 0 Å². The third kappa shape index (κ3) is 4.34. The number of nitrogens with two attached hydrogens (primary N) is 1. The number of nitrogens with zero attached hydrogens (tertiary/aromatic N) is 4. The Morgan fingerprint density at radius 2 is 2.00 bits per heavy atom. The average molecular weight is 458 g/mol. The number of aromatic nitrogens is 4. The first kappa shape index (κ1) is 22.7. The monoisotopic (exact) mass is 457 g/mol. The Bertz CT molecular complexity index is 1300. The molecule has 0 amide bonds. The van der Waals surface area contributed by atoms with Crippen LogP contribution in [0.3, 0.4) is 0 Å². The van der Waals surface area contributed by atoms with Gasteiger partial charge in [-0.15, -0.1) is 0 Å². The molecule has 0 aliphatic carbocycles. The molecule has 7 heteroatoms. The molecule has 3 N–H and O–H groups in total. The Labute approximate surface area is 199 Å². The van der Waals surface area contributed by atoms with E-state index in [4.69, 9.17) is 15.5 Å². The molecule has 4 heterocycles. The lowest BCUT2D eigenvalue weighted by Gasteiger charge is -2.16. The zero-order chi connectivity index (χ0) is 23.7. The second kappa shape index (κ2) is 9.62. The lowest BCUT2D eigenvalue weighted by molar-refractivity contribution is 0.0564. The Balaban J connectivity index is 1.67. The van der Waals surface area contributed by atoms with Gasteiger partial charge in [-0.05, 0) is 68.1 Å². The smallest absolute Gasteiger partial charge is 0.154 e. The Morgan fingerprint density at radius 1 is 1.15 bits per heavy atom. The van der Waals surface area contributed by atoms with Crippen LogP contribution in [0.5, 0.6) is 0 Å². The summed E-state index contributed by atoms with van der Waals surface area (Å²) in [5, 5.41) is 15.3. The van der Waals surface area contributed by atoms with Gasteiger partial charge in [0.25, 0.3) is 0 Å². The van der Waals surface area contributed by atoms with Crippen molar-refractivity contribution in [2.75, 3.05) is 0 Å². The highest BCUT2D eigenvalue weighted by Crippen LogP contribution is 2.39. The summed E-state index contributed by atoms with van der Waals surface area (Å²) in [6.07, 6.45) is 6.04. The molecule has 1 fully saturated rings. The summed E-state index contributed by atoms with van der Waals surface area (Å²) in [5.74, 6) is 0.664. The third-order valence-corrected chi connectivity index (χ3v) is 6.52. The number of benzene rings is 1. The summed E-state index contributed by atoms with van der Waals surface area (Å²) >= 11 is 0. The first-order chi connectivity index (χ1) is 16.6. The normalized spacial score (nSPS) is 19.1. The fourth-order valence-corrected chi connectivity index (χ4v) is 4.73. The van der Waals surface area contributed by atoms with Gasteiger partial charge in [-0.25, -0.2) is 9.67 Å². The summed E-state index contributed by atoms with van der Waals surface area (Å²) in [6, 6.07) is 15.8. The molecule has 3 atom stereocenters. The van der Waals surface area contributed by atoms with Crippen molar-refractivity contribution in [2.24, 2.45) is 5.73 Å². The number of aliphatic hydroxyl groups is 1. The van der Waals surface area contributed by atoms with Crippen LogP contribution in [0.25, 0.3) is 28.0 Å². The van der Waals surface area contributed by atoms with E-state index in [9.17, 15) is 5.11 Å². The van der Waals surface area contributed by atoms with Gasteiger partial charge in [0.05, 0.1) is 47.6 Å². The van der Waals surface area contributed by atoms with Crippen molar-refractivity contribution >= 4 is 10.9 Å². The molecule has 0 spiro atoms. The number of pyridine rings is 2. The van der Waals surface area contributed by atoms with E-state index >= 15 is 0 Å². The van der Waals surface area contributed by atoms with Crippen LogP contribution in [0, 0.1) is 0 Å². The molecule has 1 aliphatic rings. The fourth-order valence-electron chi connectivity index (χ4n) is 4.73. The molecule has 34 heavy (non-hydrogen) atoms. The number of hydrogen-bond donors (Lipinski definition) is 2. The minimum Gasteiger partial charge on any atom is -0.390 e. The highest BCUT2D eigenvalue weighted by Gasteiger charge is 2.27. The number of ether oxygens (including phenoxy) is 1. The van der Waals surface area contributed by atoms with E-state index in [1.807, 2.05) is 41.2 Å². The van der Waals surface area contributed by atoms with Gasteiger partial charge in [0.1, 0.15) is 0 Å². The van der Waals surface area contributed by atoms with Gasteiger partial charge < -0.3 is 15.6 Å². The number of aliphatic hydroxyl groups excluding tert-OH is 1. The second-order valence-corrected chi connectivity index (χ2v) is 9.06. The van der Waals surface area contributed by atoms with Crippen LogP contribution in [-0.4, -0.2) is 31.0 Å². The van der Waals surface area contributed by atoms with Gasteiger partial charge in [-0.3, -0.25) is 4.98 Å². The van der Waals surface area contributed by atoms with Crippen LogP contribution in [0.2, 0.25) is 0 Å². The fraction of sp³-hybridized carbons (Fsp3) is 0.370. The van der Waals surface area contributed by atoms with Crippen LogP contribution in [0.1, 0.15) is 68.6 Å². The van der Waals surface area contributed by atoms with Crippen LogP contribution in [0.15, 0.2) is 54.7 Å². The van der Waals surface area contributed by atoms with Gasteiger partial charge in [0, 0.05) is 17.0 Å². The molecule has 0 bridgehead atoms. The standard InChI is InChI=1S/C27H31N5O2/c1-3-6-22(28)24-9-5-8-23(31-24)18-13-20(26-12-11-17(2)34-26)21-15-29-32(25(21)14-18)27-10-4-7-19(16-33)30-27/h4-5,7-10,13-15,17,22,26,33H,3,6,11-12,16,28H2,1-2H3/t17-,22+,26-/m1/s1. The van der Waals surface area contributed by atoms with E-state index in [0.29, 0.717) is 11.5 Å². The van der Waals surface area contributed by atoms with Gasteiger partial charge in [0.15, 0.2) is 5.82 Å². The van der Waals surface area contributed by atoms with E-state index < -0.39 is 0 Å². The Kier molecular flexibility index (Phi) is 6.41. The van der Waals surface area contributed by atoms with Crippen molar-refractivity contribution in [2.45, 2.75) is 64.4 Å². The minimum atomic E-state index is -0.119. The first-order valence-electron chi connectivity index (χ1n) is 12.0. The van der Waals surface area contributed by atoms with Crippen LogP contribution >= 0.6 is 0 Å². The maximum atomic E-state index is 9.56. The maximum absolute atomic E-state index is 9.56. The van der Waals surface area contributed by atoms with Gasteiger partial charge in [-0.1, -0.05) is 25.5 Å². The topological polar surface area (TPSA) is 99.1 Å². The largest absolute Gasteiger partial charge is 0.390 e. The van der Waals surface area contributed by atoms with Crippen molar-refractivity contribution < 1.29 is 9.84 Å². The van der Waals surface area contributed by atoms with E-state index in [-0.39, 0.29) is 24.9 Å². The molecule has 176 valence electrons. The summed E-state index contributed by atoms with van der Waals surface area (Å²) < 4.78 is 8.09. The Hall–Kier alpha value is -3.13. The summed E-state index contributed by atoms with van der Waals surface area (Å²) in [7, 11) is 0. The first-order valence-corrected chi connectivity index (χ1v) is 12.0. The summed E-state index contributed by atoms with van der Waals surface area (Å²) in [4.78, 5) is 9.49. The molecule has 3 aromatic heterocycles. The molecule has 0 saturated carbocycles. The van der Waals surface area contributed by atoms with Crippen molar-refractivity contribution in [3.63, 3.8) is 0 Å². The second-order valence-electron chi connectivity index (χ2n) is 9.06. The lowest BCUT2D eigenvalue weighted by Crippen LogP contribution is -2.11. The minimum absolute atomic E-state index is 0.0115. The molecule has 1 aromatic carbocycles. The summed E-state index contributed by atoms with van der Waals surface area (Å²) in [6.45, 7) is 4.13. The van der Waals surface area contributed by atoms with Crippen molar-refractivity contribution in [3.05, 3.63) is 71.7 Å². The van der Waals surface area contributed by atoms with E-state index in [1.54, 1.807) is 6.07 Å². The lowest BCUT2D eigenvalue weighted by atomic mass is 9.97. The van der Waals surface area contributed by atoms with Crippen LogP contribution in [0.4, 0.5) is 0 Å². The maximum Gasteiger partial charge on any atom is 0.154 e. The zero-order valence-electron chi connectivity index (χ0n) is 19.7. The predicted molar refractivity (Wildman–Crippen MR) is 132 cm³/mol. The highest BCUT2D eigenvalue weighted by molar-refractivity contribution is 5.88. The molecular weight excluding hydrogens is 426 g/mol. The molecule has 5 rings (SSSR count). The molecular formula is C27H31N5O2. The van der Waals surface area contributed by atoms with E-state index in [0.717, 1.165) is 59.1 Å². The van der Waals surface area contributed by atoms with Gasteiger partial charge in [-0.2, -0.15) is 5.10 Å². The number of rotatable bonds is 7. The van der Waals surface area contributed by atoms with Crippen molar-refractivity contribution in [1.29, 1.82) is 0 Å². The van der Waals surface area contributed by atoms with E-state index in [1.165, 1.54) is 0 Å². The molecule has 1 saturated heterocycles. The quantitative estimate of drug-likeness (QED) is 0.404. The SMILES string of the molecule is CCC[C@H](N)c1cccc(-c2cc([C@H]3CC[C@@H](C)O3)c3cnn(-c4cccc(CO)n4)c3c2)n1. The van der Waals surface area contributed by atoms with Crippen molar-refractivity contribution in [1.82, 2.24) is 19.7 Å². The Morgan fingerprint density at radius 3 is 2.76 bits per heavy atom. The van der Waals surface area contributed by atoms with E-state index in [2.05, 4.69) is 36.1 Å². The van der Waals surface area contributed by atoms with Crippen molar-refractivity contribution in [3.8, 4) is 17.1 Å². The number of hydrogen-bond acceptors (Lipinski definition) is 6. The average Bonchev–Trinajstić information content (AvgIpc) is 3.50. The summed E-state index contributed by atoms with van der Waals surface area (Å²) in [5.41, 5.74) is 11.8. The van der Waals surface area contributed by atoms with Crippen LogP contribution in [-0.2, 0) is 11.3 Å². The van der Waals surface area contributed by atoms with Crippen LogP contribution < -0.4 is 5.73 Å².